The number of halogens is 2. The summed E-state index contributed by atoms with van der Waals surface area (Å²) in [4.78, 5) is 0. The molecule has 0 aromatic rings. The quantitative estimate of drug-likeness (QED) is 0.507. The molecule has 0 radical (unpaired) electrons. The molecule has 0 fully saturated rings. The highest BCUT2D eigenvalue weighted by Gasteiger charge is 2.21. The molecule has 0 bridgehead atoms. The molecule has 0 aromatic carbocycles. The van der Waals surface area contributed by atoms with Crippen molar-refractivity contribution in [2.24, 2.45) is 5.73 Å². The fourth-order valence-electron chi connectivity index (χ4n) is 0.608. The number of alkyl halides is 2. The normalized spacial score (nSPS) is 34.2. The standard InChI is InChI=1S/C6H7FIN/c7-6(8)3-1-5(9)2-4-6/h1-3H,4,9H2. The summed E-state index contributed by atoms with van der Waals surface area (Å²) in [5.74, 6) is 0. The maximum absolute atomic E-state index is 12.8. The first kappa shape index (κ1) is 7.05. The Labute approximate surface area is 66.9 Å². The van der Waals surface area contributed by atoms with Gasteiger partial charge in [0, 0.05) is 12.1 Å². The van der Waals surface area contributed by atoms with E-state index in [0.29, 0.717) is 12.1 Å². The van der Waals surface area contributed by atoms with Gasteiger partial charge in [-0.25, -0.2) is 4.39 Å². The van der Waals surface area contributed by atoms with E-state index in [1.807, 2.05) is 0 Å². The van der Waals surface area contributed by atoms with Crippen LogP contribution >= 0.6 is 22.6 Å². The molecule has 0 heterocycles. The summed E-state index contributed by atoms with van der Waals surface area (Å²) in [7, 11) is 0. The van der Waals surface area contributed by atoms with Crippen LogP contribution in [0.4, 0.5) is 4.39 Å². The van der Waals surface area contributed by atoms with Crippen molar-refractivity contribution in [1.29, 1.82) is 0 Å². The highest BCUT2D eigenvalue weighted by Crippen LogP contribution is 2.30. The summed E-state index contributed by atoms with van der Waals surface area (Å²) >= 11 is 1.75. The van der Waals surface area contributed by atoms with Gasteiger partial charge in [-0.3, -0.25) is 0 Å². The molecule has 0 saturated carbocycles. The van der Waals surface area contributed by atoms with Crippen molar-refractivity contribution in [2.75, 3.05) is 0 Å². The van der Waals surface area contributed by atoms with Crippen LogP contribution in [0.3, 0.4) is 0 Å². The summed E-state index contributed by atoms with van der Waals surface area (Å²) in [5.41, 5.74) is 6.01. The Morgan fingerprint density at radius 3 is 2.78 bits per heavy atom. The molecule has 3 heteroatoms. The van der Waals surface area contributed by atoms with Gasteiger partial charge in [0.25, 0.3) is 0 Å². The number of rotatable bonds is 0. The predicted octanol–water partition coefficient (Wildman–Crippen LogP) is 1.89. The van der Waals surface area contributed by atoms with Crippen LogP contribution in [0, 0.1) is 0 Å². The third kappa shape index (κ3) is 1.97. The highest BCUT2D eigenvalue weighted by molar-refractivity contribution is 14.1. The van der Waals surface area contributed by atoms with Gasteiger partial charge < -0.3 is 5.73 Å². The van der Waals surface area contributed by atoms with E-state index in [1.54, 1.807) is 34.7 Å². The zero-order valence-electron chi connectivity index (χ0n) is 4.77. The van der Waals surface area contributed by atoms with Gasteiger partial charge >= 0.3 is 0 Å². The zero-order valence-corrected chi connectivity index (χ0v) is 6.93. The Bertz CT molecular complexity index is 172. The monoisotopic (exact) mass is 239 g/mol. The summed E-state index contributed by atoms with van der Waals surface area (Å²) in [5, 5.41) is 0. The van der Waals surface area contributed by atoms with E-state index in [9.17, 15) is 4.39 Å². The lowest BCUT2D eigenvalue weighted by molar-refractivity contribution is 0.379. The number of allylic oxidation sites excluding steroid dienone is 3. The molecule has 1 atom stereocenters. The smallest absolute Gasteiger partial charge is 0.183 e. The molecule has 1 aliphatic carbocycles. The lowest BCUT2D eigenvalue weighted by atomic mass is 10.1. The number of hydrogen-bond acceptors (Lipinski definition) is 1. The van der Waals surface area contributed by atoms with E-state index >= 15 is 0 Å². The molecule has 0 spiro atoms. The van der Waals surface area contributed by atoms with E-state index in [0.717, 1.165) is 0 Å². The molecule has 0 aromatic heterocycles. The highest BCUT2D eigenvalue weighted by atomic mass is 127. The Hall–Kier alpha value is -0.0600. The Balaban J connectivity index is 2.70. The van der Waals surface area contributed by atoms with E-state index < -0.39 is 3.68 Å². The average molecular weight is 239 g/mol. The first-order valence-electron chi connectivity index (χ1n) is 2.63. The van der Waals surface area contributed by atoms with Gasteiger partial charge in [0.1, 0.15) is 0 Å². The van der Waals surface area contributed by atoms with Crippen LogP contribution in [0.25, 0.3) is 0 Å². The minimum absolute atomic E-state index is 0.385. The molecule has 9 heavy (non-hydrogen) atoms. The largest absolute Gasteiger partial charge is 0.399 e. The molecule has 0 saturated heterocycles. The summed E-state index contributed by atoms with van der Waals surface area (Å²) < 4.78 is 11.6. The van der Waals surface area contributed by atoms with Crippen LogP contribution in [0.5, 0.6) is 0 Å². The second-order valence-electron chi connectivity index (χ2n) is 2.00. The van der Waals surface area contributed by atoms with Crippen molar-refractivity contribution in [2.45, 2.75) is 10.1 Å². The lowest BCUT2D eigenvalue weighted by Gasteiger charge is -2.14. The first-order valence-corrected chi connectivity index (χ1v) is 3.71. The Kier molecular flexibility index (Phi) is 1.79. The van der Waals surface area contributed by atoms with Crippen LogP contribution in [0.15, 0.2) is 23.9 Å². The fraction of sp³-hybridized carbons (Fsp3) is 0.333. The number of nitrogens with two attached hydrogens (primary N) is 1. The van der Waals surface area contributed by atoms with Crippen LogP contribution in [0.1, 0.15) is 6.42 Å². The lowest BCUT2D eigenvalue weighted by Crippen LogP contribution is -2.12. The molecular formula is C6H7FIN. The topological polar surface area (TPSA) is 26.0 Å². The van der Waals surface area contributed by atoms with E-state index in [-0.39, 0.29) is 0 Å². The minimum Gasteiger partial charge on any atom is -0.399 e. The van der Waals surface area contributed by atoms with E-state index in [4.69, 9.17) is 5.73 Å². The minimum atomic E-state index is -1.21. The Morgan fingerprint density at radius 2 is 2.44 bits per heavy atom. The fourth-order valence-corrected chi connectivity index (χ4v) is 1.01. The average Bonchev–Trinajstić information content (AvgIpc) is 1.78. The van der Waals surface area contributed by atoms with E-state index in [1.165, 1.54) is 6.08 Å². The summed E-state index contributed by atoms with van der Waals surface area (Å²) in [6.07, 6.45) is 5.14. The second kappa shape index (κ2) is 2.28. The molecule has 1 rings (SSSR count). The maximum Gasteiger partial charge on any atom is 0.183 e. The molecule has 0 amide bonds. The number of hydrogen-bond donors (Lipinski definition) is 1. The van der Waals surface area contributed by atoms with Gasteiger partial charge in [-0.1, -0.05) is 6.08 Å². The zero-order chi connectivity index (χ0) is 6.91. The molecule has 1 nitrogen and oxygen atoms in total. The van der Waals surface area contributed by atoms with Crippen molar-refractivity contribution in [3.05, 3.63) is 23.9 Å². The molecule has 2 N–H and O–H groups in total. The third-order valence-corrected chi connectivity index (χ3v) is 1.93. The molecule has 1 aliphatic rings. The van der Waals surface area contributed by atoms with Crippen molar-refractivity contribution in [3.8, 4) is 0 Å². The van der Waals surface area contributed by atoms with Crippen LogP contribution < -0.4 is 5.73 Å². The van der Waals surface area contributed by atoms with Crippen molar-refractivity contribution >= 4 is 22.6 Å². The van der Waals surface area contributed by atoms with Gasteiger partial charge in [-0.05, 0) is 34.7 Å². The van der Waals surface area contributed by atoms with Gasteiger partial charge in [-0.2, -0.15) is 0 Å². The van der Waals surface area contributed by atoms with E-state index in [2.05, 4.69) is 0 Å². The van der Waals surface area contributed by atoms with Gasteiger partial charge in [-0.15, -0.1) is 0 Å². The second-order valence-corrected chi connectivity index (χ2v) is 3.80. The maximum atomic E-state index is 12.8. The summed E-state index contributed by atoms with van der Waals surface area (Å²) in [6, 6.07) is 0. The molecule has 1 unspecified atom stereocenters. The van der Waals surface area contributed by atoms with Gasteiger partial charge in [0.2, 0.25) is 0 Å². The SMILES string of the molecule is NC1=CCC(F)(I)C=C1. The molecule has 0 aliphatic heterocycles. The van der Waals surface area contributed by atoms with Gasteiger partial charge in [0.05, 0.1) is 0 Å². The van der Waals surface area contributed by atoms with Crippen LogP contribution in [-0.4, -0.2) is 3.68 Å². The van der Waals surface area contributed by atoms with Crippen molar-refractivity contribution in [3.63, 3.8) is 0 Å². The first-order chi connectivity index (χ1) is 4.10. The summed E-state index contributed by atoms with van der Waals surface area (Å²) in [6.45, 7) is 0. The third-order valence-electron chi connectivity index (χ3n) is 1.13. The molecular weight excluding hydrogens is 232 g/mol. The molecule has 50 valence electrons. The predicted molar refractivity (Wildman–Crippen MR) is 43.9 cm³/mol. The van der Waals surface area contributed by atoms with Crippen molar-refractivity contribution in [1.82, 2.24) is 0 Å². The van der Waals surface area contributed by atoms with Crippen molar-refractivity contribution < 1.29 is 4.39 Å². The van der Waals surface area contributed by atoms with Gasteiger partial charge in [0.15, 0.2) is 3.68 Å². The Morgan fingerprint density at radius 1 is 1.78 bits per heavy atom. The van der Waals surface area contributed by atoms with Crippen LogP contribution in [0.2, 0.25) is 0 Å². The van der Waals surface area contributed by atoms with Crippen LogP contribution in [-0.2, 0) is 0 Å².